The first-order chi connectivity index (χ1) is 15.0. The van der Waals surface area contributed by atoms with Crippen LogP contribution in [0.15, 0.2) is 42.5 Å². The Morgan fingerprint density at radius 2 is 1.77 bits per heavy atom. The Kier molecular flexibility index (Phi) is 5.20. The second kappa shape index (κ2) is 8.02. The predicted molar refractivity (Wildman–Crippen MR) is 121 cm³/mol. The highest BCUT2D eigenvalue weighted by Gasteiger charge is 2.33. The molecule has 0 N–H and O–H groups in total. The van der Waals surface area contributed by atoms with E-state index in [0.717, 1.165) is 48.3 Å². The molecular weight excluding hydrogens is 414 g/mol. The van der Waals surface area contributed by atoms with Gasteiger partial charge in [-0.2, -0.15) is 0 Å². The topological polar surface area (TPSA) is 54.8 Å². The zero-order valence-corrected chi connectivity index (χ0v) is 18.2. The van der Waals surface area contributed by atoms with Gasteiger partial charge in [0.2, 0.25) is 0 Å². The summed E-state index contributed by atoms with van der Waals surface area (Å²) >= 11 is 6.14. The van der Waals surface area contributed by atoms with E-state index in [2.05, 4.69) is 29.2 Å². The second-order valence-corrected chi connectivity index (χ2v) is 8.54. The van der Waals surface area contributed by atoms with Crippen LogP contribution in [0.5, 0.6) is 0 Å². The lowest BCUT2D eigenvalue weighted by Gasteiger charge is -2.29. The number of carbonyl (C=O) groups excluding carboxylic acids is 2. The molecule has 3 aromatic rings. The van der Waals surface area contributed by atoms with Gasteiger partial charge in [0, 0.05) is 35.7 Å². The van der Waals surface area contributed by atoms with Crippen LogP contribution < -0.4 is 4.90 Å². The molecule has 7 heteroatoms. The summed E-state index contributed by atoms with van der Waals surface area (Å²) in [7, 11) is 0. The monoisotopic (exact) mass is 437 g/mol. The molecule has 2 aliphatic heterocycles. The number of aryl methyl sites for hydroxylation is 1. The third kappa shape index (κ3) is 3.60. The molecule has 6 nitrogen and oxygen atoms in total. The quantitative estimate of drug-likeness (QED) is 0.623. The number of benzene rings is 2. The van der Waals surface area contributed by atoms with Crippen molar-refractivity contribution in [2.75, 3.05) is 44.3 Å². The first-order valence-corrected chi connectivity index (χ1v) is 11.0. The Labute approximate surface area is 185 Å². The van der Waals surface area contributed by atoms with Crippen molar-refractivity contribution in [3.63, 3.8) is 0 Å². The van der Waals surface area contributed by atoms with Crippen molar-refractivity contribution in [2.45, 2.75) is 13.3 Å². The predicted octanol–water partition coefficient (Wildman–Crippen LogP) is 3.78. The van der Waals surface area contributed by atoms with Crippen LogP contribution in [0, 0.1) is 6.92 Å². The van der Waals surface area contributed by atoms with Crippen LogP contribution in [0.1, 0.15) is 26.4 Å². The van der Waals surface area contributed by atoms with Crippen LogP contribution in [-0.2, 0) is 11.2 Å². The van der Waals surface area contributed by atoms with Crippen molar-refractivity contribution < 1.29 is 14.3 Å². The number of rotatable bonds is 4. The average Bonchev–Trinajstić information content (AvgIpc) is 3.09. The molecule has 1 aromatic heterocycles. The Hall–Kier alpha value is -2.83. The number of nitrogens with zero attached hydrogens (tertiary/aromatic N) is 3. The molecule has 0 aliphatic carbocycles. The highest BCUT2D eigenvalue weighted by Crippen LogP contribution is 2.31. The molecule has 5 rings (SSSR count). The zero-order valence-electron chi connectivity index (χ0n) is 17.4. The first kappa shape index (κ1) is 20.1. The summed E-state index contributed by atoms with van der Waals surface area (Å²) < 4.78 is 6.97. The first-order valence-electron chi connectivity index (χ1n) is 10.6. The van der Waals surface area contributed by atoms with E-state index < -0.39 is 0 Å². The normalized spacial score (nSPS) is 16.8. The lowest BCUT2D eigenvalue weighted by molar-refractivity contribution is 0.0624. The van der Waals surface area contributed by atoms with E-state index in [-0.39, 0.29) is 18.4 Å². The molecular formula is C24H24ClN3O3. The Bertz CT molecular complexity index is 1160. The van der Waals surface area contributed by atoms with Gasteiger partial charge >= 0.3 is 0 Å². The largest absolute Gasteiger partial charge is 0.378 e. The van der Waals surface area contributed by atoms with Gasteiger partial charge in [-0.15, -0.1) is 0 Å². The molecule has 160 valence electrons. The number of carbonyl (C=O) groups is 2. The number of halogens is 1. The van der Waals surface area contributed by atoms with Crippen molar-refractivity contribution in [1.29, 1.82) is 0 Å². The van der Waals surface area contributed by atoms with Gasteiger partial charge in [-0.25, -0.2) is 0 Å². The molecule has 2 aromatic carbocycles. The Balaban J connectivity index is 1.33. The molecule has 0 unspecified atom stereocenters. The van der Waals surface area contributed by atoms with Gasteiger partial charge in [0.05, 0.1) is 18.7 Å². The number of amides is 1. The average molecular weight is 438 g/mol. The zero-order chi connectivity index (χ0) is 21.5. The minimum atomic E-state index is -0.102. The number of hydrogen-bond acceptors (Lipinski definition) is 4. The van der Waals surface area contributed by atoms with Crippen molar-refractivity contribution >= 4 is 40.0 Å². The summed E-state index contributed by atoms with van der Waals surface area (Å²) in [4.78, 5) is 30.1. The number of fused-ring (bicyclic) bond motifs is 3. The number of aromatic nitrogens is 1. The number of anilines is 1. The summed E-state index contributed by atoms with van der Waals surface area (Å²) in [5.74, 6) is -0.188. The van der Waals surface area contributed by atoms with E-state index in [1.165, 1.54) is 5.69 Å². The molecule has 31 heavy (non-hydrogen) atoms. The molecule has 1 saturated heterocycles. The fraction of sp³-hybridized carbons (Fsp3) is 0.333. The van der Waals surface area contributed by atoms with Crippen molar-refractivity contribution in [2.24, 2.45) is 0 Å². The van der Waals surface area contributed by atoms with Gasteiger partial charge in [0.1, 0.15) is 12.2 Å². The van der Waals surface area contributed by atoms with Crippen LogP contribution in [0.3, 0.4) is 0 Å². The summed E-state index contributed by atoms with van der Waals surface area (Å²) in [5.41, 5.74) is 4.34. The van der Waals surface area contributed by atoms with E-state index in [1.54, 1.807) is 15.5 Å². The van der Waals surface area contributed by atoms with Gasteiger partial charge in [0.15, 0.2) is 0 Å². The standard InChI is InChI=1S/C24H24ClN3O3/c1-16-20-14-18(25)4-7-21(20)28-22(29)15-27(24(30)23(16)28)9-8-17-2-5-19(6-3-17)26-10-12-31-13-11-26/h2-7,14H,8-13,15H2,1H3. The fourth-order valence-electron chi connectivity index (χ4n) is 4.53. The SMILES string of the molecule is Cc1c2n(c3ccc(Cl)cc13)C(=O)CN(CCc1ccc(N3CCOCC3)cc1)C2=O. The van der Waals surface area contributed by atoms with Crippen LogP contribution >= 0.6 is 11.6 Å². The summed E-state index contributed by atoms with van der Waals surface area (Å²) in [5, 5.41) is 1.44. The third-order valence-electron chi connectivity index (χ3n) is 6.23. The van der Waals surface area contributed by atoms with Crippen LogP contribution in [0.25, 0.3) is 10.9 Å². The number of morpholine rings is 1. The van der Waals surface area contributed by atoms with Gasteiger partial charge in [0.25, 0.3) is 11.8 Å². The Morgan fingerprint density at radius 3 is 2.52 bits per heavy atom. The van der Waals surface area contributed by atoms with Crippen molar-refractivity contribution in [3.8, 4) is 0 Å². The van der Waals surface area contributed by atoms with Crippen LogP contribution in [0.2, 0.25) is 5.02 Å². The fourth-order valence-corrected chi connectivity index (χ4v) is 4.70. The van der Waals surface area contributed by atoms with Gasteiger partial charge in [-0.05, 0) is 54.8 Å². The van der Waals surface area contributed by atoms with E-state index in [9.17, 15) is 9.59 Å². The van der Waals surface area contributed by atoms with Crippen LogP contribution in [0.4, 0.5) is 5.69 Å². The lowest BCUT2D eigenvalue weighted by Crippen LogP contribution is -2.45. The number of ether oxygens (including phenoxy) is 1. The van der Waals surface area contributed by atoms with Gasteiger partial charge < -0.3 is 14.5 Å². The molecule has 1 fully saturated rings. The second-order valence-electron chi connectivity index (χ2n) is 8.11. The minimum absolute atomic E-state index is 0.0855. The molecule has 0 atom stereocenters. The summed E-state index contributed by atoms with van der Waals surface area (Å²) in [6.45, 7) is 5.80. The molecule has 0 radical (unpaired) electrons. The van der Waals surface area contributed by atoms with Crippen molar-refractivity contribution in [3.05, 3.63) is 64.3 Å². The van der Waals surface area contributed by atoms with Gasteiger partial charge in [-0.3, -0.25) is 14.2 Å². The maximum Gasteiger partial charge on any atom is 0.271 e. The van der Waals surface area contributed by atoms with E-state index >= 15 is 0 Å². The Morgan fingerprint density at radius 1 is 1.03 bits per heavy atom. The van der Waals surface area contributed by atoms with Crippen molar-refractivity contribution in [1.82, 2.24) is 9.47 Å². The maximum absolute atomic E-state index is 13.2. The molecule has 3 heterocycles. The summed E-state index contributed by atoms with van der Waals surface area (Å²) in [6, 6.07) is 13.8. The highest BCUT2D eigenvalue weighted by atomic mass is 35.5. The minimum Gasteiger partial charge on any atom is -0.378 e. The molecule has 0 saturated carbocycles. The molecule has 2 aliphatic rings. The van der Waals surface area contributed by atoms with Gasteiger partial charge in [-0.1, -0.05) is 23.7 Å². The van der Waals surface area contributed by atoms with E-state index in [1.807, 2.05) is 19.1 Å². The maximum atomic E-state index is 13.2. The van der Waals surface area contributed by atoms with Crippen LogP contribution in [-0.4, -0.2) is 60.7 Å². The number of hydrogen-bond donors (Lipinski definition) is 0. The van der Waals surface area contributed by atoms with E-state index in [0.29, 0.717) is 23.7 Å². The van der Waals surface area contributed by atoms with E-state index in [4.69, 9.17) is 16.3 Å². The molecule has 1 amide bonds. The smallest absolute Gasteiger partial charge is 0.271 e. The third-order valence-corrected chi connectivity index (χ3v) is 6.47. The molecule has 0 bridgehead atoms. The lowest BCUT2D eigenvalue weighted by atomic mass is 10.1. The molecule has 0 spiro atoms. The summed E-state index contributed by atoms with van der Waals surface area (Å²) in [6.07, 6.45) is 0.702. The highest BCUT2D eigenvalue weighted by molar-refractivity contribution is 6.31.